The quantitative estimate of drug-likeness (QED) is 0.675. The first-order chi connectivity index (χ1) is 9.69. The molecular weight excluding hydrogens is 256 g/mol. The fourth-order valence-electron chi connectivity index (χ4n) is 2.10. The van der Waals surface area contributed by atoms with Gasteiger partial charge in [0.25, 0.3) is 0 Å². The smallest absolute Gasteiger partial charge is 0.397 e. The van der Waals surface area contributed by atoms with E-state index in [9.17, 15) is 9.59 Å². The number of hydrogen-bond donors (Lipinski definition) is 1. The minimum Gasteiger partial charge on any atom is -0.462 e. The molecule has 0 spiro atoms. The number of anilines is 1. The van der Waals surface area contributed by atoms with E-state index in [-0.39, 0.29) is 13.1 Å². The summed E-state index contributed by atoms with van der Waals surface area (Å²) in [5.74, 6) is -1.61. The molecule has 0 heterocycles. The minimum atomic E-state index is -0.897. The van der Waals surface area contributed by atoms with Crippen LogP contribution < -0.4 is 10.6 Å². The molecule has 0 aliphatic heterocycles. The topological polar surface area (TPSA) is 72.6 Å². The lowest BCUT2D eigenvalue weighted by Crippen LogP contribution is -2.40. The summed E-state index contributed by atoms with van der Waals surface area (Å²) in [4.78, 5) is 24.9. The molecule has 20 heavy (non-hydrogen) atoms. The second kappa shape index (κ2) is 6.16. The zero-order chi connectivity index (χ0) is 14.5. The summed E-state index contributed by atoms with van der Waals surface area (Å²) < 4.78 is 4.50. The van der Waals surface area contributed by atoms with Crippen molar-refractivity contribution in [2.75, 3.05) is 25.1 Å². The van der Waals surface area contributed by atoms with Crippen molar-refractivity contribution in [1.29, 1.82) is 0 Å². The first-order valence-electron chi connectivity index (χ1n) is 6.26. The lowest BCUT2D eigenvalue weighted by Gasteiger charge is -2.22. The average Bonchev–Trinajstić information content (AvgIpc) is 2.50. The number of amides is 1. The van der Waals surface area contributed by atoms with E-state index in [1.54, 1.807) is 6.07 Å². The number of fused-ring (bicyclic) bond motifs is 1. The molecule has 5 nitrogen and oxygen atoms in total. The fraction of sp³-hybridized carbons (Fsp3) is 0.200. The molecule has 0 saturated heterocycles. The van der Waals surface area contributed by atoms with E-state index in [0.29, 0.717) is 5.69 Å². The lowest BCUT2D eigenvalue weighted by molar-refractivity contribution is -0.151. The number of carbonyl (C=O) groups is 2. The molecular formula is C15H16N2O3. The van der Waals surface area contributed by atoms with Gasteiger partial charge in [-0.05, 0) is 11.5 Å². The van der Waals surface area contributed by atoms with Crippen LogP contribution in [-0.2, 0) is 14.3 Å². The average molecular weight is 272 g/mol. The Morgan fingerprint density at radius 1 is 1.15 bits per heavy atom. The third-order valence-corrected chi connectivity index (χ3v) is 3.02. The summed E-state index contributed by atoms with van der Waals surface area (Å²) in [5, 5.41) is 1.88. The molecule has 2 aromatic carbocycles. The number of benzene rings is 2. The monoisotopic (exact) mass is 272 g/mol. The van der Waals surface area contributed by atoms with Gasteiger partial charge in [0.05, 0.1) is 12.8 Å². The molecule has 0 bridgehead atoms. The van der Waals surface area contributed by atoms with Crippen LogP contribution >= 0.6 is 0 Å². The molecule has 0 aliphatic carbocycles. The first kappa shape index (κ1) is 14.0. The molecule has 5 heteroatoms. The second-order valence-corrected chi connectivity index (χ2v) is 4.24. The molecule has 0 fully saturated rings. The molecule has 0 unspecified atom stereocenters. The summed E-state index contributed by atoms with van der Waals surface area (Å²) in [6.45, 7) is 0.508. The van der Waals surface area contributed by atoms with Crippen molar-refractivity contribution < 1.29 is 14.3 Å². The van der Waals surface area contributed by atoms with E-state index >= 15 is 0 Å². The van der Waals surface area contributed by atoms with Gasteiger partial charge in [0.1, 0.15) is 0 Å². The van der Waals surface area contributed by atoms with Crippen molar-refractivity contribution in [1.82, 2.24) is 0 Å². The largest absolute Gasteiger partial charge is 0.462 e. The molecule has 0 radical (unpaired) electrons. The van der Waals surface area contributed by atoms with Gasteiger partial charge in [-0.3, -0.25) is 4.79 Å². The van der Waals surface area contributed by atoms with E-state index in [1.807, 2.05) is 36.4 Å². The normalized spacial score (nSPS) is 10.3. The number of rotatable bonds is 3. The van der Waals surface area contributed by atoms with Gasteiger partial charge in [0.15, 0.2) is 0 Å². The van der Waals surface area contributed by atoms with Crippen LogP contribution in [0.2, 0.25) is 0 Å². The highest BCUT2D eigenvalue weighted by molar-refractivity contribution is 6.38. The van der Waals surface area contributed by atoms with Crippen LogP contribution in [0.25, 0.3) is 10.8 Å². The number of carbonyl (C=O) groups excluding carboxylic acids is 2. The number of nitrogens with two attached hydrogens (primary N) is 1. The van der Waals surface area contributed by atoms with Crippen molar-refractivity contribution in [3.05, 3.63) is 42.5 Å². The van der Waals surface area contributed by atoms with Crippen LogP contribution in [-0.4, -0.2) is 32.1 Å². The Hall–Kier alpha value is -2.40. The van der Waals surface area contributed by atoms with Gasteiger partial charge in [-0.1, -0.05) is 36.4 Å². The minimum absolute atomic E-state index is 0.252. The second-order valence-electron chi connectivity index (χ2n) is 4.24. The molecule has 1 amide bonds. The van der Waals surface area contributed by atoms with E-state index in [2.05, 4.69) is 4.74 Å². The number of esters is 1. The summed E-state index contributed by atoms with van der Waals surface area (Å²) in [7, 11) is 1.18. The molecule has 0 saturated carbocycles. The summed E-state index contributed by atoms with van der Waals surface area (Å²) in [6, 6.07) is 13.2. The van der Waals surface area contributed by atoms with Crippen molar-refractivity contribution in [2.24, 2.45) is 5.73 Å². The highest BCUT2D eigenvalue weighted by Gasteiger charge is 2.24. The Bertz CT molecular complexity index is 635. The number of ether oxygens (including phenoxy) is 1. The predicted molar refractivity (Wildman–Crippen MR) is 77.4 cm³/mol. The summed E-state index contributed by atoms with van der Waals surface area (Å²) in [5.41, 5.74) is 6.20. The van der Waals surface area contributed by atoms with Crippen LogP contribution in [0.3, 0.4) is 0 Å². The standard InChI is InChI=1S/C15H16N2O3/c1-20-15(19)14(18)17(10-9-16)13-8-4-6-11-5-2-3-7-12(11)13/h2-8H,9-10,16H2,1H3. The van der Waals surface area contributed by atoms with Gasteiger partial charge >= 0.3 is 11.9 Å². The predicted octanol–water partition coefficient (Wildman–Crippen LogP) is 1.30. The van der Waals surface area contributed by atoms with E-state index in [4.69, 9.17) is 5.73 Å². The highest BCUT2D eigenvalue weighted by atomic mass is 16.5. The lowest BCUT2D eigenvalue weighted by atomic mass is 10.1. The van der Waals surface area contributed by atoms with Crippen molar-refractivity contribution in [3.63, 3.8) is 0 Å². The first-order valence-corrected chi connectivity index (χ1v) is 6.26. The number of methoxy groups -OCH3 is 1. The van der Waals surface area contributed by atoms with Crippen LogP contribution in [0.1, 0.15) is 0 Å². The van der Waals surface area contributed by atoms with Gasteiger partial charge in [-0.25, -0.2) is 4.79 Å². The number of hydrogen-bond acceptors (Lipinski definition) is 4. The fourth-order valence-corrected chi connectivity index (χ4v) is 2.10. The van der Waals surface area contributed by atoms with Crippen molar-refractivity contribution in [3.8, 4) is 0 Å². The number of nitrogens with zero attached hydrogens (tertiary/aromatic N) is 1. The van der Waals surface area contributed by atoms with E-state index < -0.39 is 11.9 Å². The molecule has 2 aromatic rings. The van der Waals surface area contributed by atoms with Crippen LogP contribution in [0.4, 0.5) is 5.69 Å². The van der Waals surface area contributed by atoms with Crippen molar-refractivity contribution in [2.45, 2.75) is 0 Å². The van der Waals surface area contributed by atoms with Gasteiger partial charge in [-0.15, -0.1) is 0 Å². The Balaban J connectivity index is 2.52. The molecule has 2 N–H and O–H groups in total. The Morgan fingerprint density at radius 2 is 1.85 bits per heavy atom. The van der Waals surface area contributed by atoms with Crippen LogP contribution in [0.5, 0.6) is 0 Å². The van der Waals surface area contributed by atoms with Crippen molar-refractivity contribution >= 4 is 28.3 Å². The van der Waals surface area contributed by atoms with E-state index in [1.165, 1.54) is 12.0 Å². The van der Waals surface area contributed by atoms with Gasteiger partial charge < -0.3 is 15.4 Å². The molecule has 2 rings (SSSR count). The molecule has 0 aliphatic rings. The maximum Gasteiger partial charge on any atom is 0.397 e. The highest BCUT2D eigenvalue weighted by Crippen LogP contribution is 2.26. The zero-order valence-corrected chi connectivity index (χ0v) is 11.2. The Kier molecular flexibility index (Phi) is 4.32. The molecule has 0 atom stereocenters. The Morgan fingerprint density at radius 3 is 2.55 bits per heavy atom. The summed E-state index contributed by atoms with van der Waals surface area (Å²) in [6.07, 6.45) is 0. The van der Waals surface area contributed by atoms with Crippen LogP contribution in [0.15, 0.2) is 42.5 Å². The summed E-state index contributed by atoms with van der Waals surface area (Å²) >= 11 is 0. The van der Waals surface area contributed by atoms with Gasteiger partial charge in [0, 0.05) is 18.5 Å². The van der Waals surface area contributed by atoms with Gasteiger partial charge in [-0.2, -0.15) is 0 Å². The molecule has 0 aromatic heterocycles. The molecule has 104 valence electrons. The maximum atomic E-state index is 12.1. The SMILES string of the molecule is COC(=O)C(=O)N(CCN)c1cccc2ccccc12. The van der Waals surface area contributed by atoms with E-state index in [0.717, 1.165) is 10.8 Å². The third kappa shape index (κ3) is 2.62. The Labute approximate surface area is 116 Å². The van der Waals surface area contributed by atoms with Crippen LogP contribution in [0, 0.1) is 0 Å². The third-order valence-electron chi connectivity index (χ3n) is 3.02. The maximum absolute atomic E-state index is 12.1. The van der Waals surface area contributed by atoms with Gasteiger partial charge in [0.2, 0.25) is 0 Å². The zero-order valence-electron chi connectivity index (χ0n) is 11.2.